The summed E-state index contributed by atoms with van der Waals surface area (Å²) in [5, 5.41) is 18.7. The lowest BCUT2D eigenvalue weighted by molar-refractivity contribution is -0.383. The van der Waals surface area contributed by atoms with Crippen LogP contribution in [0.1, 0.15) is 5.69 Å². The first kappa shape index (κ1) is 12.1. The molecule has 0 saturated carbocycles. The SMILES string of the molecule is O=[N+]([O-])c1cccc2c(NCc3ccon3)ccnc12. The Bertz CT molecular complexity index is 755. The maximum atomic E-state index is 11.0. The van der Waals surface area contributed by atoms with E-state index in [2.05, 4.69) is 15.5 Å². The molecule has 7 heteroatoms. The van der Waals surface area contributed by atoms with Crippen LogP contribution in [0, 0.1) is 10.1 Å². The van der Waals surface area contributed by atoms with Crippen molar-refractivity contribution < 1.29 is 9.45 Å². The summed E-state index contributed by atoms with van der Waals surface area (Å²) in [6.45, 7) is 0.471. The number of aromatic nitrogens is 2. The predicted octanol–water partition coefficient (Wildman–Crippen LogP) is 2.74. The Balaban J connectivity index is 1.99. The van der Waals surface area contributed by atoms with Gasteiger partial charge in [-0.3, -0.25) is 10.1 Å². The lowest BCUT2D eigenvalue weighted by Gasteiger charge is -2.07. The van der Waals surface area contributed by atoms with Gasteiger partial charge < -0.3 is 9.84 Å². The van der Waals surface area contributed by atoms with Crippen LogP contribution in [-0.2, 0) is 6.54 Å². The van der Waals surface area contributed by atoms with E-state index in [1.807, 2.05) is 0 Å². The van der Waals surface area contributed by atoms with Crippen LogP contribution in [0.15, 0.2) is 47.3 Å². The average Bonchev–Trinajstić information content (AvgIpc) is 2.97. The summed E-state index contributed by atoms with van der Waals surface area (Å²) in [6, 6.07) is 8.39. The zero-order chi connectivity index (χ0) is 13.9. The first-order valence-electron chi connectivity index (χ1n) is 5.91. The average molecular weight is 270 g/mol. The van der Waals surface area contributed by atoms with Crippen molar-refractivity contribution in [3.05, 3.63) is 58.6 Å². The van der Waals surface area contributed by atoms with E-state index >= 15 is 0 Å². The molecule has 0 amide bonds. The van der Waals surface area contributed by atoms with Crippen molar-refractivity contribution >= 4 is 22.3 Å². The zero-order valence-corrected chi connectivity index (χ0v) is 10.3. The van der Waals surface area contributed by atoms with Gasteiger partial charge in [-0.05, 0) is 6.07 Å². The number of nitrogens with one attached hydrogen (secondary N) is 1. The minimum absolute atomic E-state index is 0.00686. The predicted molar refractivity (Wildman–Crippen MR) is 72.2 cm³/mol. The van der Waals surface area contributed by atoms with E-state index in [4.69, 9.17) is 4.52 Å². The molecule has 3 aromatic rings. The second kappa shape index (κ2) is 4.96. The van der Waals surface area contributed by atoms with E-state index in [1.54, 1.807) is 30.5 Å². The molecule has 0 radical (unpaired) electrons. The Morgan fingerprint density at radius 3 is 2.95 bits per heavy atom. The van der Waals surface area contributed by atoms with Crippen LogP contribution >= 0.6 is 0 Å². The first-order chi connectivity index (χ1) is 9.75. The summed E-state index contributed by atoms with van der Waals surface area (Å²) >= 11 is 0. The van der Waals surface area contributed by atoms with Crippen LogP contribution in [0.5, 0.6) is 0 Å². The van der Waals surface area contributed by atoms with Crippen molar-refractivity contribution in [1.29, 1.82) is 0 Å². The highest BCUT2D eigenvalue weighted by atomic mass is 16.6. The van der Waals surface area contributed by atoms with Crippen LogP contribution in [0.2, 0.25) is 0 Å². The number of non-ortho nitro benzene ring substituents is 1. The molecule has 1 aromatic carbocycles. The second-order valence-electron chi connectivity index (χ2n) is 4.13. The molecule has 0 spiro atoms. The molecule has 0 unspecified atom stereocenters. The molecule has 20 heavy (non-hydrogen) atoms. The van der Waals surface area contributed by atoms with E-state index in [9.17, 15) is 10.1 Å². The van der Waals surface area contributed by atoms with Gasteiger partial charge in [0.15, 0.2) is 0 Å². The van der Waals surface area contributed by atoms with Gasteiger partial charge in [-0.2, -0.15) is 0 Å². The summed E-state index contributed by atoms with van der Waals surface area (Å²) in [5.74, 6) is 0. The number of benzene rings is 1. The minimum atomic E-state index is -0.434. The number of nitro groups is 1. The van der Waals surface area contributed by atoms with Gasteiger partial charge in [-0.1, -0.05) is 17.3 Å². The third-order valence-electron chi connectivity index (χ3n) is 2.90. The lowest BCUT2D eigenvalue weighted by Crippen LogP contribution is -2.01. The molecular formula is C13H10N4O3. The minimum Gasteiger partial charge on any atom is -0.379 e. The molecule has 1 N–H and O–H groups in total. The topological polar surface area (TPSA) is 94.1 Å². The number of hydrogen-bond acceptors (Lipinski definition) is 6. The van der Waals surface area contributed by atoms with Crippen molar-refractivity contribution in [3.63, 3.8) is 0 Å². The van der Waals surface area contributed by atoms with E-state index in [-0.39, 0.29) is 5.69 Å². The molecule has 0 aliphatic carbocycles. The van der Waals surface area contributed by atoms with Crippen LogP contribution in [0.25, 0.3) is 10.9 Å². The number of nitro benzene ring substituents is 1. The normalized spacial score (nSPS) is 10.6. The molecule has 0 bridgehead atoms. The van der Waals surface area contributed by atoms with Gasteiger partial charge in [0.05, 0.1) is 11.5 Å². The molecule has 3 rings (SSSR count). The van der Waals surface area contributed by atoms with Crippen LogP contribution in [0.4, 0.5) is 11.4 Å². The quantitative estimate of drug-likeness (QED) is 0.578. The number of nitrogens with zero attached hydrogens (tertiary/aromatic N) is 3. The lowest BCUT2D eigenvalue weighted by atomic mass is 10.1. The van der Waals surface area contributed by atoms with E-state index < -0.39 is 4.92 Å². The van der Waals surface area contributed by atoms with Crippen molar-refractivity contribution in [3.8, 4) is 0 Å². The highest BCUT2D eigenvalue weighted by Gasteiger charge is 2.14. The molecule has 2 aromatic heterocycles. The number of fused-ring (bicyclic) bond motifs is 1. The molecule has 2 heterocycles. The highest BCUT2D eigenvalue weighted by Crippen LogP contribution is 2.28. The molecule has 0 aliphatic rings. The molecule has 0 saturated heterocycles. The summed E-state index contributed by atoms with van der Waals surface area (Å²) in [5.41, 5.74) is 1.87. The van der Waals surface area contributed by atoms with Gasteiger partial charge in [0, 0.05) is 29.4 Å². The number of para-hydroxylation sites is 1. The summed E-state index contributed by atoms with van der Waals surface area (Å²) in [4.78, 5) is 14.7. The number of hydrogen-bond donors (Lipinski definition) is 1. The standard InChI is InChI=1S/C13H10N4O3/c18-17(19)12-3-1-2-10-11(4-6-14-13(10)12)15-8-9-5-7-20-16-9/h1-7H,8H2,(H,14,15). The monoisotopic (exact) mass is 270 g/mol. The highest BCUT2D eigenvalue weighted by molar-refractivity contribution is 5.96. The smallest absolute Gasteiger partial charge is 0.295 e. The Hall–Kier alpha value is -2.96. The van der Waals surface area contributed by atoms with Crippen molar-refractivity contribution in [1.82, 2.24) is 10.1 Å². The van der Waals surface area contributed by atoms with Crippen LogP contribution < -0.4 is 5.32 Å². The van der Waals surface area contributed by atoms with Crippen molar-refractivity contribution in [2.24, 2.45) is 0 Å². The molecule has 0 atom stereocenters. The van der Waals surface area contributed by atoms with Gasteiger partial charge in [-0.15, -0.1) is 0 Å². The largest absolute Gasteiger partial charge is 0.379 e. The Morgan fingerprint density at radius 1 is 1.30 bits per heavy atom. The van der Waals surface area contributed by atoms with E-state index in [0.717, 1.165) is 11.4 Å². The molecular weight excluding hydrogens is 260 g/mol. The fourth-order valence-corrected chi connectivity index (χ4v) is 1.98. The number of pyridine rings is 1. The first-order valence-corrected chi connectivity index (χ1v) is 5.91. The fraction of sp³-hybridized carbons (Fsp3) is 0.0769. The van der Waals surface area contributed by atoms with Gasteiger partial charge in [0.2, 0.25) is 0 Å². The maximum absolute atomic E-state index is 11.0. The van der Waals surface area contributed by atoms with E-state index in [1.165, 1.54) is 12.3 Å². The third kappa shape index (κ3) is 2.16. The second-order valence-corrected chi connectivity index (χ2v) is 4.13. The molecule has 0 aliphatic heterocycles. The summed E-state index contributed by atoms with van der Waals surface area (Å²) in [7, 11) is 0. The maximum Gasteiger partial charge on any atom is 0.295 e. The summed E-state index contributed by atoms with van der Waals surface area (Å²) in [6.07, 6.45) is 3.03. The van der Waals surface area contributed by atoms with Gasteiger partial charge in [-0.25, -0.2) is 4.98 Å². The van der Waals surface area contributed by atoms with Gasteiger partial charge >= 0.3 is 0 Å². The van der Waals surface area contributed by atoms with Crippen LogP contribution in [-0.4, -0.2) is 15.1 Å². The fourth-order valence-electron chi connectivity index (χ4n) is 1.98. The van der Waals surface area contributed by atoms with Crippen LogP contribution in [0.3, 0.4) is 0 Å². The van der Waals surface area contributed by atoms with Crippen molar-refractivity contribution in [2.45, 2.75) is 6.54 Å². The molecule has 100 valence electrons. The third-order valence-corrected chi connectivity index (χ3v) is 2.90. The molecule has 0 fully saturated rings. The zero-order valence-electron chi connectivity index (χ0n) is 10.3. The Labute approximate surface area is 113 Å². The number of anilines is 1. The summed E-state index contributed by atoms with van der Waals surface area (Å²) < 4.78 is 4.75. The van der Waals surface area contributed by atoms with Gasteiger partial charge in [0.1, 0.15) is 17.5 Å². The van der Waals surface area contributed by atoms with Crippen molar-refractivity contribution in [2.75, 3.05) is 5.32 Å². The molecule has 7 nitrogen and oxygen atoms in total. The Kier molecular flexibility index (Phi) is 3.00. The number of rotatable bonds is 4. The van der Waals surface area contributed by atoms with E-state index in [0.29, 0.717) is 17.4 Å². The Morgan fingerprint density at radius 2 is 2.20 bits per heavy atom. The van der Waals surface area contributed by atoms with Gasteiger partial charge in [0.25, 0.3) is 5.69 Å².